The number of thioether (sulfide) groups is 1. The van der Waals surface area contributed by atoms with Crippen molar-refractivity contribution < 1.29 is 4.79 Å². The lowest BCUT2D eigenvalue weighted by atomic mass is 10.2. The molecule has 0 aliphatic carbocycles. The lowest BCUT2D eigenvalue weighted by Crippen LogP contribution is -2.23. The van der Waals surface area contributed by atoms with Crippen LogP contribution in [0.4, 0.5) is 10.5 Å². The van der Waals surface area contributed by atoms with E-state index in [-0.39, 0.29) is 5.24 Å². The average Bonchev–Trinajstić information content (AvgIpc) is 3.09. The van der Waals surface area contributed by atoms with Gasteiger partial charge in [0.2, 0.25) is 0 Å². The van der Waals surface area contributed by atoms with Gasteiger partial charge in [-0.1, -0.05) is 42.1 Å². The van der Waals surface area contributed by atoms with Crippen LogP contribution in [0, 0.1) is 0 Å². The second kappa shape index (κ2) is 9.06. The summed E-state index contributed by atoms with van der Waals surface area (Å²) in [6.07, 6.45) is 4.15. The minimum absolute atomic E-state index is 0.0960. The third-order valence-corrected chi connectivity index (χ3v) is 6.08. The first-order valence-corrected chi connectivity index (χ1v) is 10.5. The summed E-state index contributed by atoms with van der Waals surface area (Å²) >= 11 is 3.04. The molecule has 27 heavy (non-hydrogen) atoms. The number of amides is 1. The predicted octanol–water partition coefficient (Wildman–Crippen LogP) is 5.32. The van der Waals surface area contributed by atoms with Crippen molar-refractivity contribution in [2.75, 3.05) is 38.3 Å². The summed E-state index contributed by atoms with van der Waals surface area (Å²) in [5, 5.41) is 1.11. The molecule has 3 rings (SSSR count). The number of aromatic nitrogens is 1. The predicted molar refractivity (Wildman–Crippen MR) is 120 cm³/mol. The molecule has 3 aromatic rings. The van der Waals surface area contributed by atoms with Crippen LogP contribution in [0.5, 0.6) is 0 Å². The van der Waals surface area contributed by atoms with Gasteiger partial charge in [0.05, 0.1) is 10.2 Å². The summed E-state index contributed by atoms with van der Waals surface area (Å²) in [7, 11) is 5.60. The number of hydrogen-bond donors (Lipinski definition) is 0. The first-order valence-electron chi connectivity index (χ1n) is 8.72. The highest BCUT2D eigenvalue weighted by atomic mass is 32.2. The smallest absolute Gasteiger partial charge is 0.281 e. The quantitative estimate of drug-likeness (QED) is 0.564. The Balaban J connectivity index is 1.57. The van der Waals surface area contributed by atoms with Gasteiger partial charge in [-0.3, -0.25) is 4.79 Å². The number of thiazole rings is 1. The molecule has 4 nitrogen and oxygen atoms in total. The van der Waals surface area contributed by atoms with E-state index in [4.69, 9.17) is 0 Å². The Bertz CT molecular complexity index is 899. The normalized spacial score (nSPS) is 11.2. The minimum Gasteiger partial charge on any atom is -0.374 e. The fourth-order valence-corrected chi connectivity index (χ4v) is 4.17. The fraction of sp³-hybridized carbons (Fsp3) is 0.238. The summed E-state index contributed by atoms with van der Waals surface area (Å²) in [4.78, 5) is 20.0. The molecule has 0 aliphatic heterocycles. The van der Waals surface area contributed by atoms with Gasteiger partial charge in [-0.15, -0.1) is 11.3 Å². The highest BCUT2D eigenvalue weighted by Crippen LogP contribution is 2.23. The Hall–Kier alpha value is -2.31. The molecule has 0 spiro atoms. The summed E-state index contributed by atoms with van der Waals surface area (Å²) in [5.41, 5.74) is 3.33. The van der Waals surface area contributed by atoms with Crippen LogP contribution >= 0.6 is 23.1 Å². The third-order valence-electron chi connectivity index (χ3n) is 4.08. The maximum Gasteiger partial charge on any atom is 0.281 e. The van der Waals surface area contributed by atoms with Crippen LogP contribution < -0.4 is 4.90 Å². The van der Waals surface area contributed by atoms with Crippen LogP contribution in [0.25, 0.3) is 22.4 Å². The first-order chi connectivity index (χ1) is 13.0. The maximum absolute atomic E-state index is 11.6. The average molecular weight is 398 g/mol. The first kappa shape index (κ1) is 19.5. The van der Waals surface area contributed by atoms with Crippen molar-refractivity contribution in [3.05, 3.63) is 59.1 Å². The van der Waals surface area contributed by atoms with Gasteiger partial charge >= 0.3 is 0 Å². The van der Waals surface area contributed by atoms with E-state index in [1.807, 2.05) is 25.2 Å². The second-order valence-corrected chi connectivity index (χ2v) is 8.48. The molecule has 0 N–H and O–H groups in total. The monoisotopic (exact) mass is 397 g/mol. The van der Waals surface area contributed by atoms with E-state index in [1.54, 1.807) is 30.3 Å². The number of carbonyl (C=O) groups excluding carboxylic acids is 1. The summed E-state index contributed by atoms with van der Waals surface area (Å²) in [6.45, 7) is 0.825. The van der Waals surface area contributed by atoms with Crippen LogP contribution in [-0.2, 0) is 0 Å². The molecule has 1 heterocycles. The van der Waals surface area contributed by atoms with Gasteiger partial charge in [0.25, 0.3) is 5.24 Å². The van der Waals surface area contributed by atoms with Crippen LogP contribution in [-0.4, -0.2) is 48.6 Å². The van der Waals surface area contributed by atoms with E-state index in [9.17, 15) is 4.79 Å². The van der Waals surface area contributed by atoms with Crippen molar-refractivity contribution in [2.24, 2.45) is 0 Å². The summed E-state index contributed by atoms with van der Waals surface area (Å²) < 4.78 is 1.21. The van der Waals surface area contributed by atoms with Crippen molar-refractivity contribution in [1.82, 2.24) is 9.88 Å². The standard InChI is InChI=1S/C21H23N3OS2/c1-23(2)21(25)26-15-14-24(3)17-11-8-16(9-12-17)10-13-20-22-18-6-4-5-7-19(18)27-20/h4-13H,14-15H2,1-3H3/b13-10+. The topological polar surface area (TPSA) is 36.4 Å². The molecule has 0 fully saturated rings. The van der Waals surface area contributed by atoms with Crippen molar-refractivity contribution in [1.29, 1.82) is 0 Å². The van der Waals surface area contributed by atoms with Crippen LogP contribution in [0.1, 0.15) is 10.6 Å². The summed E-state index contributed by atoms with van der Waals surface area (Å²) in [6, 6.07) is 16.6. The van der Waals surface area contributed by atoms with Crippen LogP contribution in [0.2, 0.25) is 0 Å². The fourth-order valence-electron chi connectivity index (χ4n) is 2.50. The number of benzene rings is 2. The van der Waals surface area contributed by atoms with E-state index in [0.717, 1.165) is 34.1 Å². The molecule has 0 aliphatic rings. The Morgan fingerprint density at radius 1 is 1.07 bits per heavy atom. The molecule has 6 heteroatoms. The van der Waals surface area contributed by atoms with Gasteiger partial charge in [-0.2, -0.15) is 0 Å². The van der Waals surface area contributed by atoms with Gasteiger partial charge in [0.15, 0.2) is 0 Å². The minimum atomic E-state index is 0.0960. The number of anilines is 1. The molecule has 0 bridgehead atoms. The number of para-hydroxylation sites is 1. The number of rotatable bonds is 6. The molecule has 1 aromatic heterocycles. The summed E-state index contributed by atoms with van der Waals surface area (Å²) in [5.74, 6) is 0.771. The molecular weight excluding hydrogens is 374 g/mol. The van der Waals surface area contributed by atoms with Gasteiger partial charge in [-0.05, 0) is 35.9 Å². The van der Waals surface area contributed by atoms with Gasteiger partial charge < -0.3 is 9.80 Å². The third kappa shape index (κ3) is 5.34. The van der Waals surface area contributed by atoms with Crippen molar-refractivity contribution in [2.45, 2.75) is 0 Å². The number of nitrogens with zero attached hydrogens (tertiary/aromatic N) is 3. The van der Waals surface area contributed by atoms with Gasteiger partial charge in [0, 0.05) is 39.1 Å². The second-order valence-electron chi connectivity index (χ2n) is 6.38. The maximum atomic E-state index is 11.6. The van der Waals surface area contributed by atoms with Crippen LogP contribution in [0.15, 0.2) is 48.5 Å². The van der Waals surface area contributed by atoms with E-state index in [2.05, 4.69) is 52.4 Å². The zero-order chi connectivity index (χ0) is 19.2. The van der Waals surface area contributed by atoms with Gasteiger partial charge in [-0.25, -0.2) is 4.98 Å². The van der Waals surface area contributed by atoms with Gasteiger partial charge in [0.1, 0.15) is 5.01 Å². The molecule has 2 aromatic carbocycles. The molecule has 0 unspecified atom stereocenters. The van der Waals surface area contributed by atoms with E-state index in [0.29, 0.717) is 0 Å². The Morgan fingerprint density at radius 2 is 1.81 bits per heavy atom. The number of carbonyl (C=O) groups is 1. The molecule has 0 saturated carbocycles. The lowest BCUT2D eigenvalue weighted by Gasteiger charge is -2.19. The number of hydrogen-bond acceptors (Lipinski definition) is 5. The Labute approximate surface area is 168 Å². The molecule has 1 amide bonds. The van der Waals surface area contributed by atoms with E-state index in [1.165, 1.54) is 16.5 Å². The molecule has 0 saturated heterocycles. The van der Waals surface area contributed by atoms with E-state index >= 15 is 0 Å². The zero-order valence-electron chi connectivity index (χ0n) is 15.8. The highest BCUT2D eigenvalue weighted by Gasteiger charge is 2.06. The molecular formula is C21H23N3OS2. The molecule has 0 atom stereocenters. The van der Waals surface area contributed by atoms with Crippen molar-refractivity contribution in [3.8, 4) is 0 Å². The zero-order valence-corrected chi connectivity index (χ0v) is 17.4. The molecule has 0 radical (unpaired) electrons. The lowest BCUT2D eigenvalue weighted by molar-refractivity contribution is 0.241. The SMILES string of the molecule is CN(C)C(=O)SCCN(C)c1ccc(/C=C/c2nc3ccccc3s2)cc1. The highest BCUT2D eigenvalue weighted by molar-refractivity contribution is 8.13. The largest absolute Gasteiger partial charge is 0.374 e. The van der Waals surface area contributed by atoms with Crippen molar-refractivity contribution >= 4 is 56.4 Å². The molecule has 140 valence electrons. The Kier molecular flexibility index (Phi) is 6.53. The van der Waals surface area contributed by atoms with E-state index < -0.39 is 0 Å². The van der Waals surface area contributed by atoms with Crippen LogP contribution in [0.3, 0.4) is 0 Å². The Morgan fingerprint density at radius 3 is 2.52 bits per heavy atom. The van der Waals surface area contributed by atoms with Crippen molar-refractivity contribution in [3.63, 3.8) is 0 Å². The number of fused-ring (bicyclic) bond motifs is 1.